The highest BCUT2D eigenvalue weighted by Crippen LogP contribution is 2.28. The van der Waals surface area contributed by atoms with Gasteiger partial charge in [-0.15, -0.1) is 0 Å². The minimum absolute atomic E-state index is 0.0155. The second-order valence-electron chi connectivity index (χ2n) is 7.17. The smallest absolute Gasteiger partial charge is 0.228 e. The van der Waals surface area contributed by atoms with Crippen LogP contribution in [0.4, 0.5) is 11.4 Å². The molecule has 0 spiro atoms. The molecular weight excluding hydrogens is 397 g/mol. The molecule has 146 valence electrons. The van der Waals surface area contributed by atoms with Crippen molar-refractivity contribution in [2.45, 2.75) is 6.42 Å². The maximum Gasteiger partial charge on any atom is 0.228 e. The van der Waals surface area contributed by atoms with E-state index in [1.165, 1.54) is 0 Å². The Bertz CT molecular complexity index is 879. The molecule has 2 amide bonds. The van der Waals surface area contributed by atoms with E-state index >= 15 is 0 Å². The van der Waals surface area contributed by atoms with Crippen molar-refractivity contribution in [3.8, 4) is 0 Å². The Morgan fingerprint density at radius 2 is 1.61 bits per heavy atom. The summed E-state index contributed by atoms with van der Waals surface area (Å²) < 4.78 is 0. The quantitative estimate of drug-likeness (QED) is 0.764. The van der Waals surface area contributed by atoms with Crippen LogP contribution in [0.25, 0.3) is 0 Å². The minimum Gasteiger partial charge on any atom is -0.368 e. The number of benzene rings is 2. The van der Waals surface area contributed by atoms with Gasteiger partial charge in [0.15, 0.2) is 0 Å². The number of carbonyl (C=O) groups excluding carboxylic acids is 2. The van der Waals surface area contributed by atoms with Crippen LogP contribution in [-0.2, 0) is 9.59 Å². The van der Waals surface area contributed by atoms with Gasteiger partial charge >= 0.3 is 0 Å². The Balaban J connectivity index is 1.36. The first-order valence-corrected chi connectivity index (χ1v) is 10.1. The molecule has 2 saturated heterocycles. The third kappa shape index (κ3) is 3.96. The zero-order valence-electron chi connectivity index (χ0n) is 15.4. The van der Waals surface area contributed by atoms with E-state index in [0.29, 0.717) is 29.7 Å². The van der Waals surface area contributed by atoms with Crippen LogP contribution in [0.3, 0.4) is 0 Å². The third-order valence-corrected chi connectivity index (χ3v) is 5.86. The molecule has 0 bridgehead atoms. The van der Waals surface area contributed by atoms with Gasteiger partial charge in [-0.05, 0) is 42.5 Å². The van der Waals surface area contributed by atoms with Gasteiger partial charge in [0.05, 0.1) is 5.92 Å². The Morgan fingerprint density at radius 3 is 2.29 bits per heavy atom. The van der Waals surface area contributed by atoms with Crippen molar-refractivity contribution in [2.75, 3.05) is 42.5 Å². The van der Waals surface area contributed by atoms with Crippen molar-refractivity contribution in [3.63, 3.8) is 0 Å². The van der Waals surface area contributed by atoms with Crippen LogP contribution in [0, 0.1) is 5.92 Å². The number of hydrogen-bond acceptors (Lipinski definition) is 3. The summed E-state index contributed by atoms with van der Waals surface area (Å²) in [5.74, 6) is -0.241. The lowest BCUT2D eigenvalue weighted by molar-refractivity contribution is -0.136. The Labute approximate surface area is 174 Å². The molecule has 0 radical (unpaired) electrons. The van der Waals surface area contributed by atoms with Gasteiger partial charge in [0.25, 0.3) is 0 Å². The summed E-state index contributed by atoms with van der Waals surface area (Å²) in [7, 11) is 0. The predicted molar refractivity (Wildman–Crippen MR) is 112 cm³/mol. The van der Waals surface area contributed by atoms with Gasteiger partial charge in [0.1, 0.15) is 0 Å². The number of hydrogen-bond donors (Lipinski definition) is 0. The van der Waals surface area contributed by atoms with Crippen molar-refractivity contribution in [1.29, 1.82) is 0 Å². The molecule has 28 heavy (non-hydrogen) atoms. The molecule has 0 aliphatic carbocycles. The van der Waals surface area contributed by atoms with Gasteiger partial charge in [-0.2, -0.15) is 0 Å². The normalized spacial score (nSPS) is 20.0. The number of amides is 2. The maximum absolute atomic E-state index is 13.0. The molecule has 2 aliphatic heterocycles. The lowest BCUT2D eigenvalue weighted by Gasteiger charge is -2.37. The summed E-state index contributed by atoms with van der Waals surface area (Å²) in [4.78, 5) is 31.2. The van der Waals surface area contributed by atoms with E-state index in [1.54, 1.807) is 17.0 Å². The fraction of sp³-hybridized carbons (Fsp3) is 0.333. The standard InChI is InChI=1S/C21H21Cl2N3O2/c22-16-4-6-18(7-5-16)26-14-15(12-20(26)27)21(28)25-10-8-24(9-11-25)19-3-1-2-17(23)13-19/h1-7,13,15H,8-12,14H2. The minimum atomic E-state index is -0.291. The number of anilines is 2. The number of rotatable bonds is 3. The van der Waals surface area contributed by atoms with Gasteiger partial charge in [-0.3, -0.25) is 9.59 Å². The second-order valence-corrected chi connectivity index (χ2v) is 8.05. The predicted octanol–water partition coefficient (Wildman–Crippen LogP) is 3.70. The fourth-order valence-corrected chi connectivity index (χ4v) is 4.17. The molecule has 7 heteroatoms. The summed E-state index contributed by atoms with van der Waals surface area (Å²) in [5.41, 5.74) is 1.86. The Hall–Kier alpha value is -2.24. The molecule has 4 rings (SSSR count). The molecule has 0 saturated carbocycles. The lowest BCUT2D eigenvalue weighted by atomic mass is 10.1. The zero-order valence-corrected chi connectivity index (χ0v) is 16.9. The summed E-state index contributed by atoms with van der Waals surface area (Å²) in [6, 6.07) is 14.9. The first-order valence-electron chi connectivity index (χ1n) is 9.36. The monoisotopic (exact) mass is 417 g/mol. The van der Waals surface area contributed by atoms with E-state index in [0.717, 1.165) is 24.5 Å². The van der Waals surface area contributed by atoms with E-state index < -0.39 is 0 Å². The Kier molecular flexibility index (Phi) is 5.47. The van der Waals surface area contributed by atoms with Crippen molar-refractivity contribution < 1.29 is 9.59 Å². The number of piperazine rings is 1. The molecule has 0 aromatic heterocycles. The fourth-order valence-electron chi connectivity index (χ4n) is 3.86. The van der Waals surface area contributed by atoms with Crippen LogP contribution < -0.4 is 9.80 Å². The van der Waals surface area contributed by atoms with Crippen LogP contribution in [0.1, 0.15) is 6.42 Å². The number of nitrogens with zero attached hydrogens (tertiary/aromatic N) is 3. The van der Waals surface area contributed by atoms with E-state index in [4.69, 9.17) is 23.2 Å². The van der Waals surface area contributed by atoms with Crippen molar-refractivity contribution >= 4 is 46.4 Å². The number of carbonyl (C=O) groups is 2. The van der Waals surface area contributed by atoms with E-state index in [2.05, 4.69) is 4.90 Å². The topological polar surface area (TPSA) is 43.9 Å². The molecule has 2 aliphatic rings. The highest BCUT2D eigenvalue weighted by Gasteiger charge is 2.37. The van der Waals surface area contributed by atoms with Crippen LogP contribution in [0.5, 0.6) is 0 Å². The van der Waals surface area contributed by atoms with Crippen LogP contribution in [0.15, 0.2) is 48.5 Å². The highest BCUT2D eigenvalue weighted by atomic mass is 35.5. The first kappa shape index (κ1) is 19.1. The average Bonchev–Trinajstić information content (AvgIpc) is 3.10. The second kappa shape index (κ2) is 8.02. The molecule has 2 heterocycles. The summed E-state index contributed by atoms with van der Waals surface area (Å²) >= 11 is 12.0. The lowest BCUT2D eigenvalue weighted by Crippen LogP contribution is -2.50. The summed E-state index contributed by atoms with van der Waals surface area (Å²) in [6.07, 6.45) is 0.260. The van der Waals surface area contributed by atoms with E-state index in [-0.39, 0.29) is 24.2 Å². The van der Waals surface area contributed by atoms with Crippen molar-refractivity contribution in [2.24, 2.45) is 5.92 Å². The zero-order chi connectivity index (χ0) is 19.7. The maximum atomic E-state index is 13.0. The molecule has 5 nitrogen and oxygen atoms in total. The van der Waals surface area contributed by atoms with Gasteiger partial charge < -0.3 is 14.7 Å². The molecule has 2 fully saturated rings. The van der Waals surface area contributed by atoms with Gasteiger partial charge in [-0.1, -0.05) is 29.3 Å². The van der Waals surface area contributed by atoms with Gasteiger partial charge in [0.2, 0.25) is 11.8 Å². The Morgan fingerprint density at radius 1 is 0.893 bits per heavy atom. The summed E-state index contributed by atoms with van der Waals surface area (Å²) in [5, 5.41) is 1.34. The van der Waals surface area contributed by atoms with Crippen LogP contribution in [-0.4, -0.2) is 49.4 Å². The van der Waals surface area contributed by atoms with E-state index in [9.17, 15) is 9.59 Å². The van der Waals surface area contributed by atoms with Crippen LogP contribution in [0.2, 0.25) is 10.0 Å². The average molecular weight is 418 g/mol. The van der Waals surface area contributed by atoms with E-state index in [1.807, 2.05) is 41.3 Å². The molecular formula is C21H21Cl2N3O2. The molecule has 2 aromatic rings. The molecule has 1 unspecified atom stereocenters. The van der Waals surface area contributed by atoms with Crippen molar-refractivity contribution in [1.82, 2.24) is 4.90 Å². The number of halogens is 2. The summed E-state index contributed by atoms with van der Waals surface area (Å²) in [6.45, 7) is 3.24. The first-order chi connectivity index (χ1) is 13.5. The largest absolute Gasteiger partial charge is 0.368 e. The molecule has 2 aromatic carbocycles. The third-order valence-electron chi connectivity index (χ3n) is 5.38. The SMILES string of the molecule is O=C(C1CC(=O)N(c2ccc(Cl)cc2)C1)N1CCN(c2cccc(Cl)c2)CC1. The van der Waals surface area contributed by atoms with Crippen molar-refractivity contribution in [3.05, 3.63) is 58.6 Å². The molecule has 0 N–H and O–H groups in total. The molecule has 1 atom stereocenters. The van der Waals surface area contributed by atoms with Crippen LogP contribution >= 0.6 is 23.2 Å². The highest BCUT2D eigenvalue weighted by molar-refractivity contribution is 6.31. The van der Waals surface area contributed by atoms with Gasteiger partial charge in [-0.25, -0.2) is 0 Å². The van der Waals surface area contributed by atoms with Gasteiger partial charge in [0, 0.05) is 60.6 Å².